The van der Waals surface area contributed by atoms with Crippen LogP contribution in [0.2, 0.25) is 5.54 Å². The second-order valence-electron chi connectivity index (χ2n) is 1.70. The molecule has 0 N–H and O–H groups in total. The maximum absolute atomic E-state index is 5.43. The molecule has 0 heterocycles. The topological polar surface area (TPSA) is 0 Å². The normalized spacial score (nSPS) is 17.1. The van der Waals surface area contributed by atoms with Crippen LogP contribution in [0.1, 0.15) is 6.92 Å². The zero-order valence-electron chi connectivity index (χ0n) is 4.21. The van der Waals surface area contributed by atoms with E-state index in [-0.39, 0.29) is 5.54 Å². The van der Waals surface area contributed by atoms with Gasteiger partial charge in [-0.15, -0.1) is 0 Å². The van der Waals surface area contributed by atoms with Crippen molar-refractivity contribution in [3.8, 4) is 0 Å². The van der Waals surface area contributed by atoms with E-state index in [9.17, 15) is 0 Å². The molecule has 0 aromatic heterocycles. The van der Waals surface area contributed by atoms with Gasteiger partial charge in [0.05, 0.1) is 0 Å². The van der Waals surface area contributed by atoms with Gasteiger partial charge in [0.1, 0.15) is 0 Å². The van der Waals surface area contributed by atoms with Crippen LogP contribution in [-0.4, -0.2) is 14.0 Å². The van der Waals surface area contributed by atoms with Crippen molar-refractivity contribution in [2.45, 2.75) is 16.3 Å². The van der Waals surface area contributed by atoms with Crippen molar-refractivity contribution in [3.63, 3.8) is 0 Å². The summed E-state index contributed by atoms with van der Waals surface area (Å²) < 4.78 is -1.02. The molecule has 7 heavy (non-hydrogen) atoms. The highest BCUT2D eigenvalue weighted by Crippen LogP contribution is 2.36. The van der Waals surface area contributed by atoms with Crippen molar-refractivity contribution in [1.82, 2.24) is 0 Å². The summed E-state index contributed by atoms with van der Waals surface area (Å²) in [6, 6.07) is 0. The molecule has 0 amide bonds. The summed E-state index contributed by atoms with van der Waals surface area (Å²) in [5.74, 6) is 0. The summed E-state index contributed by atoms with van der Waals surface area (Å²) in [6.45, 7) is 1.92. The minimum atomic E-state index is -1.02. The smallest absolute Gasteiger partial charge is 0.0838 e. The molecule has 0 spiro atoms. The Morgan fingerprint density at radius 2 is 1.57 bits per heavy atom. The van der Waals surface area contributed by atoms with E-state index in [2.05, 4.69) is 0 Å². The highest BCUT2D eigenvalue weighted by Gasteiger charge is 2.23. The van der Waals surface area contributed by atoms with Gasteiger partial charge in [-0.3, -0.25) is 0 Å². The van der Waals surface area contributed by atoms with E-state index < -0.39 is 3.79 Å². The third kappa shape index (κ3) is 3.65. The molecule has 0 saturated heterocycles. The van der Waals surface area contributed by atoms with E-state index in [0.29, 0.717) is 0 Å². The third-order valence-electron chi connectivity index (χ3n) is 0.655. The Balaban J connectivity index is 3.54. The van der Waals surface area contributed by atoms with E-state index in [1.165, 1.54) is 0 Å². The molecule has 0 fully saturated rings. The van der Waals surface area contributed by atoms with Crippen LogP contribution in [0.25, 0.3) is 0 Å². The molecule has 0 bridgehead atoms. The molecule has 0 aliphatic heterocycles. The second-order valence-corrected chi connectivity index (χ2v) is 5.80. The van der Waals surface area contributed by atoms with Gasteiger partial charge in [0.15, 0.2) is 3.79 Å². The summed E-state index contributed by atoms with van der Waals surface area (Å²) >= 11 is 16.3. The number of hydrogen-bond donors (Lipinski definition) is 0. The Morgan fingerprint density at radius 3 is 1.57 bits per heavy atom. The first-order valence-corrected chi connectivity index (χ1v) is 4.30. The average molecular weight is 178 g/mol. The van der Waals surface area contributed by atoms with Gasteiger partial charge in [0.25, 0.3) is 0 Å². The maximum atomic E-state index is 5.43. The molecule has 4 heteroatoms. The maximum Gasteiger partial charge on any atom is 0.189 e. The lowest BCUT2D eigenvalue weighted by atomic mass is 10.5. The highest BCUT2D eigenvalue weighted by atomic mass is 35.6. The van der Waals surface area contributed by atoms with Crippen LogP contribution in [0.3, 0.4) is 0 Å². The van der Waals surface area contributed by atoms with Gasteiger partial charge >= 0.3 is 0 Å². The first-order valence-electron chi connectivity index (χ1n) is 2.01. The Morgan fingerprint density at radius 1 is 1.43 bits per heavy atom. The fraction of sp³-hybridized carbons (Fsp3) is 1.00. The first-order chi connectivity index (χ1) is 2.94. The lowest BCUT2D eigenvalue weighted by Gasteiger charge is -2.13. The van der Waals surface area contributed by atoms with Crippen molar-refractivity contribution in [3.05, 3.63) is 0 Å². The van der Waals surface area contributed by atoms with Crippen molar-refractivity contribution < 1.29 is 0 Å². The highest BCUT2D eigenvalue weighted by molar-refractivity contribution is 6.69. The van der Waals surface area contributed by atoms with Crippen LogP contribution in [0, 0.1) is 0 Å². The second kappa shape index (κ2) is 2.58. The molecule has 0 unspecified atom stereocenters. The molecule has 0 nitrogen and oxygen atoms in total. The standard InChI is InChI=1S/C3H7Cl3Si/c1-2(7)3(4,5)6/h2H,1,7H3/t2-/m0/s1. The Bertz CT molecular complexity index is 55.7. The molecule has 0 aliphatic rings. The van der Waals surface area contributed by atoms with E-state index in [1.807, 2.05) is 6.92 Å². The molecule has 1 atom stereocenters. The molecule has 0 aromatic carbocycles. The Kier molecular flexibility index (Phi) is 2.98. The van der Waals surface area contributed by atoms with Gasteiger partial charge in [-0.05, 0) is 5.54 Å². The first kappa shape index (κ1) is 8.09. The zero-order valence-corrected chi connectivity index (χ0v) is 8.48. The van der Waals surface area contributed by atoms with Gasteiger partial charge in [-0.25, -0.2) is 0 Å². The number of rotatable bonds is 0. The fourth-order valence-electron chi connectivity index (χ4n) is 0. The molecule has 44 valence electrons. The molecular formula is C3H7Cl3Si. The van der Waals surface area contributed by atoms with Crippen molar-refractivity contribution in [2.75, 3.05) is 0 Å². The summed E-state index contributed by atoms with van der Waals surface area (Å²) in [5, 5.41) is 0. The van der Waals surface area contributed by atoms with Crippen LogP contribution in [0.15, 0.2) is 0 Å². The Hall–Kier alpha value is 1.09. The number of alkyl halides is 3. The van der Waals surface area contributed by atoms with Gasteiger partial charge in [-0.1, -0.05) is 41.7 Å². The van der Waals surface area contributed by atoms with E-state index >= 15 is 0 Å². The van der Waals surface area contributed by atoms with Gasteiger partial charge in [-0.2, -0.15) is 0 Å². The van der Waals surface area contributed by atoms with Crippen LogP contribution >= 0.6 is 34.8 Å². The Labute approximate surface area is 61.5 Å². The van der Waals surface area contributed by atoms with Crippen molar-refractivity contribution in [1.29, 1.82) is 0 Å². The van der Waals surface area contributed by atoms with E-state index in [0.717, 1.165) is 10.2 Å². The van der Waals surface area contributed by atoms with Crippen LogP contribution in [0.4, 0.5) is 0 Å². The number of halogens is 3. The third-order valence-corrected chi connectivity index (χ3v) is 3.93. The van der Waals surface area contributed by atoms with Crippen molar-refractivity contribution in [2.24, 2.45) is 0 Å². The lowest BCUT2D eigenvalue weighted by Crippen LogP contribution is -2.08. The summed E-state index contributed by atoms with van der Waals surface area (Å²) in [4.78, 5) is 0. The largest absolute Gasteiger partial charge is 0.189 e. The molecular weight excluding hydrogens is 170 g/mol. The van der Waals surface area contributed by atoms with Crippen LogP contribution < -0.4 is 0 Å². The van der Waals surface area contributed by atoms with Crippen LogP contribution in [-0.2, 0) is 0 Å². The van der Waals surface area contributed by atoms with Crippen molar-refractivity contribution >= 4 is 45.0 Å². The number of hydrogen-bond acceptors (Lipinski definition) is 0. The molecule has 0 saturated carbocycles. The van der Waals surface area contributed by atoms with E-state index in [1.54, 1.807) is 0 Å². The van der Waals surface area contributed by atoms with E-state index in [4.69, 9.17) is 34.8 Å². The monoisotopic (exact) mass is 176 g/mol. The fourth-order valence-corrected chi connectivity index (χ4v) is 0. The predicted octanol–water partition coefficient (Wildman–Crippen LogP) is 1.53. The zero-order chi connectivity index (χ0) is 6.08. The molecule has 0 rings (SSSR count). The molecule has 0 aliphatic carbocycles. The average Bonchev–Trinajstić information content (AvgIpc) is 1.31. The quantitative estimate of drug-likeness (QED) is 0.389. The van der Waals surface area contributed by atoms with Gasteiger partial charge in [0, 0.05) is 10.2 Å². The minimum absolute atomic E-state index is 0.234. The SMILES string of the molecule is C[C@H]([SiH3])C(Cl)(Cl)Cl. The summed E-state index contributed by atoms with van der Waals surface area (Å²) in [5.41, 5.74) is 0.234. The molecule has 0 radical (unpaired) electrons. The summed E-state index contributed by atoms with van der Waals surface area (Å²) in [6.07, 6.45) is 0. The predicted molar refractivity (Wildman–Crippen MR) is 39.7 cm³/mol. The summed E-state index contributed by atoms with van der Waals surface area (Å²) in [7, 11) is 0.932. The van der Waals surface area contributed by atoms with Gasteiger partial charge in [0.2, 0.25) is 0 Å². The van der Waals surface area contributed by atoms with Crippen LogP contribution in [0.5, 0.6) is 0 Å². The molecule has 0 aromatic rings. The van der Waals surface area contributed by atoms with Gasteiger partial charge < -0.3 is 0 Å². The minimum Gasteiger partial charge on any atom is -0.0838 e. The lowest BCUT2D eigenvalue weighted by molar-refractivity contribution is 0.966.